The van der Waals surface area contributed by atoms with Gasteiger partial charge in [0, 0.05) is 0 Å². The Kier molecular flexibility index (Phi) is 2.70. The van der Waals surface area contributed by atoms with E-state index in [2.05, 4.69) is 29.0 Å². The summed E-state index contributed by atoms with van der Waals surface area (Å²) in [6, 6.07) is 5.66. The average Bonchev–Trinajstić information content (AvgIpc) is 2.70. The first kappa shape index (κ1) is 10.1. The van der Waals surface area contributed by atoms with Gasteiger partial charge in [-0.1, -0.05) is 13.0 Å². The van der Waals surface area contributed by atoms with Crippen LogP contribution in [0, 0.1) is 0 Å². The fourth-order valence-electron chi connectivity index (χ4n) is 1.56. The number of imidazole rings is 1. The Labute approximate surface area is 88.1 Å². The van der Waals surface area contributed by atoms with Gasteiger partial charge in [0.2, 0.25) is 0 Å². The second kappa shape index (κ2) is 4.00. The van der Waals surface area contributed by atoms with Crippen LogP contribution in [0.1, 0.15) is 24.4 Å². The van der Waals surface area contributed by atoms with Crippen molar-refractivity contribution in [2.75, 3.05) is 6.61 Å². The minimum absolute atomic E-state index is 0.0968. The summed E-state index contributed by atoms with van der Waals surface area (Å²) >= 11 is 0. The monoisotopic (exact) mass is 205 g/mol. The van der Waals surface area contributed by atoms with Gasteiger partial charge in [-0.3, -0.25) is 0 Å². The molecule has 1 unspecified atom stereocenters. The van der Waals surface area contributed by atoms with Gasteiger partial charge < -0.3 is 15.8 Å². The lowest BCUT2D eigenvalue weighted by atomic mass is 10.1. The highest BCUT2D eigenvalue weighted by molar-refractivity contribution is 5.75. The molecule has 15 heavy (non-hydrogen) atoms. The fraction of sp³-hybridized carbons (Fsp3) is 0.364. The zero-order valence-electron chi connectivity index (χ0n) is 8.70. The van der Waals surface area contributed by atoms with Gasteiger partial charge >= 0.3 is 0 Å². The van der Waals surface area contributed by atoms with E-state index in [-0.39, 0.29) is 6.61 Å². The zero-order valence-corrected chi connectivity index (χ0v) is 8.70. The number of benzene rings is 1. The molecule has 0 bridgehead atoms. The number of nitrogens with two attached hydrogens (primary N) is 1. The third kappa shape index (κ3) is 1.86. The number of nitrogens with zero attached hydrogens (tertiary/aromatic N) is 1. The summed E-state index contributed by atoms with van der Waals surface area (Å²) in [4.78, 5) is 7.44. The van der Waals surface area contributed by atoms with Crippen LogP contribution in [0.5, 0.6) is 0 Å². The number of aromatic nitrogens is 2. The first-order chi connectivity index (χ1) is 7.24. The smallest absolute Gasteiger partial charge is 0.126 e. The van der Waals surface area contributed by atoms with E-state index >= 15 is 0 Å². The van der Waals surface area contributed by atoms with Crippen LogP contribution < -0.4 is 5.73 Å². The number of hydrogen-bond acceptors (Lipinski definition) is 3. The normalized spacial score (nSPS) is 13.3. The lowest BCUT2D eigenvalue weighted by molar-refractivity contribution is 0.264. The van der Waals surface area contributed by atoms with Gasteiger partial charge in [-0.2, -0.15) is 0 Å². The maximum absolute atomic E-state index is 8.93. The van der Waals surface area contributed by atoms with Crippen molar-refractivity contribution in [3.8, 4) is 0 Å². The minimum atomic E-state index is -0.428. The van der Waals surface area contributed by atoms with Gasteiger partial charge in [0.05, 0.1) is 23.7 Å². The van der Waals surface area contributed by atoms with Gasteiger partial charge in [-0.25, -0.2) is 4.98 Å². The van der Waals surface area contributed by atoms with Crippen molar-refractivity contribution in [3.05, 3.63) is 29.6 Å². The Bertz CT molecular complexity index is 464. The molecule has 0 spiro atoms. The quantitative estimate of drug-likeness (QED) is 0.702. The number of aliphatic hydroxyl groups excluding tert-OH is 1. The molecule has 1 aromatic heterocycles. The van der Waals surface area contributed by atoms with Crippen molar-refractivity contribution in [2.24, 2.45) is 5.73 Å². The average molecular weight is 205 g/mol. The summed E-state index contributed by atoms with van der Waals surface area (Å²) in [5.41, 5.74) is 8.82. The Morgan fingerprint density at radius 1 is 1.53 bits per heavy atom. The number of aliphatic hydroxyl groups is 1. The van der Waals surface area contributed by atoms with E-state index in [0.717, 1.165) is 17.5 Å². The van der Waals surface area contributed by atoms with Crippen LogP contribution in [0.15, 0.2) is 18.2 Å². The van der Waals surface area contributed by atoms with Crippen LogP contribution >= 0.6 is 0 Å². The largest absolute Gasteiger partial charge is 0.394 e. The number of hydrogen-bond donors (Lipinski definition) is 3. The van der Waals surface area contributed by atoms with Crippen molar-refractivity contribution in [2.45, 2.75) is 19.4 Å². The molecule has 1 atom stereocenters. The van der Waals surface area contributed by atoms with Gasteiger partial charge in [0.15, 0.2) is 0 Å². The van der Waals surface area contributed by atoms with E-state index in [1.165, 1.54) is 5.56 Å². The SMILES string of the molecule is CCc1ccc2nc(C(N)CO)[nH]c2c1. The molecule has 1 aromatic carbocycles. The predicted molar refractivity (Wildman–Crippen MR) is 59.5 cm³/mol. The topological polar surface area (TPSA) is 74.9 Å². The first-order valence-corrected chi connectivity index (χ1v) is 5.09. The highest BCUT2D eigenvalue weighted by Crippen LogP contribution is 2.16. The van der Waals surface area contributed by atoms with Crippen LogP contribution in [0.4, 0.5) is 0 Å². The molecule has 2 rings (SSSR count). The van der Waals surface area contributed by atoms with Gasteiger partial charge in [0.1, 0.15) is 5.82 Å². The zero-order chi connectivity index (χ0) is 10.8. The van der Waals surface area contributed by atoms with Gasteiger partial charge in [-0.15, -0.1) is 0 Å². The number of H-pyrrole nitrogens is 1. The molecule has 0 aliphatic carbocycles. The number of nitrogens with one attached hydrogen (secondary N) is 1. The Morgan fingerprint density at radius 3 is 3.00 bits per heavy atom. The molecule has 0 radical (unpaired) electrons. The lowest BCUT2D eigenvalue weighted by Crippen LogP contribution is -2.15. The number of aromatic amines is 1. The first-order valence-electron chi connectivity index (χ1n) is 5.09. The molecule has 0 saturated heterocycles. The van der Waals surface area contributed by atoms with E-state index in [9.17, 15) is 0 Å². The van der Waals surface area contributed by atoms with E-state index in [1.807, 2.05) is 6.07 Å². The third-order valence-electron chi connectivity index (χ3n) is 2.52. The summed E-state index contributed by atoms with van der Waals surface area (Å²) in [5, 5.41) is 8.93. The summed E-state index contributed by atoms with van der Waals surface area (Å²) in [6.07, 6.45) is 0.996. The summed E-state index contributed by atoms with van der Waals surface area (Å²) in [5.74, 6) is 0.640. The summed E-state index contributed by atoms with van der Waals surface area (Å²) in [7, 11) is 0. The molecule has 2 aromatic rings. The highest BCUT2D eigenvalue weighted by Gasteiger charge is 2.09. The Balaban J connectivity index is 2.46. The molecule has 4 heteroatoms. The molecule has 0 saturated carbocycles. The Morgan fingerprint density at radius 2 is 2.33 bits per heavy atom. The molecule has 0 fully saturated rings. The van der Waals surface area contributed by atoms with Gasteiger partial charge in [-0.05, 0) is 24.1 Å². The maximum Gasteiger partial charge on any atom is 0.126 e. The van der Waals surface area contributed by atoms with E-state index in [4.69, 9.17) is 10.8 Å². The van der Waals surface area contributed by atoms with Crippen molar-refractivity contribution in [1.29, 1.82) is 0 Å². The van der Waals surface area contributed by atoms with Crippen LogP contribution in [0.25, 0.3) is 11.0 Å². The second-order valence-corrected chi connectivity index (χ2v) is 3.62. The third-order valence-corrected chi connectivity index (χ3v) is 2.52. The van der Waals surface area contributed by atoms with Crippen molar-refractivity contribution >= 4 is 11.0 Å². The number of rotatable bonds is 3. The Hall–Kier alpha value is -1.39. The van der Waals surface area contributed by atoms with Crippen LogP contribution in [-0.4, -0.2) is 21.7 Å². The van der Waals surface area contributed by atoms with Crippen LogP contribution in [0.3, 0.4) is 0 Å². The molecular weight excluding hydrogens is 190 g/mol. The maximum atomic E-state index is 8.93. The molecule has 1 heterocycles. The van der Waals surface area contributed by atoms with Crippen molar-refractivity contribution in [1.82, 2.24) is 9.97 Å². The van der Waals surface area contributed by atoms with E-state index in [1.54, 1.807) is 0 Å². The molecule has 0 amide bonds. The standard InChI is InChI=1S/C11H15N3O/c1-2-7-3-4-9-10(5-7)14-11(13-9)8(12)6-15/h3-5,8,15H,2,6,12H2,1H3,(H,13,14). The molecule has 80 valence electrons. The van der Waals surface area contributed by atoms with Crippen LogP contribution in [-0.2, 0) is 6.42 Å². The van der Waals surface area contributed by atoms with Gasteiger partial charge in [0.25, 0.3) is 0 Å². The van der Waals surface area contributed by atoms with Crippen LogP contribution in [0.2, 0.25) is 0 Å². The highest BCUT2D eigenvalue weighted by atomic mass is 16.3. The summed E-state index contributed by atoms with van der Waals surface area (Å²) < 4.78 is 0. The molecule has 0 aliphatic heterocycles. The van der Waals surface area contributed by atoms with Crippen molar-refractivity contribution < 1.29 is 5.11 Å². The van der Waals surface area contributed by atoms with E-state index in [0.29, 0.717) is 5.82 Å². The minimum Gasteiger partial charge on any atom is -0.394 e. The summed E-state index contributed by atoms with van der Waals surface area (Å²) in [6.45, 7) is 2.01. The van der Waals surface area contributed by atoms with E-state index < -0.39 is 6.04 Å². The molecule has 4 nitrogen and oxygen atoms in total. The molecule has 0 aliphatic rings. The lowest BCUT2D eigenvalue weighted by Gasteiger charge is -2.01. The molecular formula is C11H15N3O. The van der Waals surface area contributed by atoms with Crippen molar-refractivity contribution in [3.63, 3.8) is 0 Å². The number of fused-ring (bicyclic) bond motifs is 1. The molecule has 4 N–H and O–H groups in total. The fourth-order valence-corrected chi connectivity index (χ4v) is 1.56. The predicted octanol–water partition coefficient (Wildman–Crippen LogP) is 1.12. The second-order valence-electron chi connectivity index (χ2n) is 3.62. The number of aryl methyl sites for hydroxylation is 1.